The van der Waals surface area contributed by atoms with Gasteiger partial charge >= 0.3 is 0 Å². The smallest absolute Gasteiger partial charge is 0.104 e. The molecule has 0 spiro atoms. The van der Waals surface area contributed by atoms with Gasteiger partial charge in [-0.05, 0) is 46.8 Å². The maximum absolute atomic E-state index is 5.59. The Morgan fingerprint density at radius 2 is 2.29 bits per heavy atom. The lowest BCUT2D eigenvalue weighted by Crippen LogP contribution is -2.21. The van der Waals surface area contributed by atoms with Crippen LogP contribution < -0.4 is 11.1 Å². The second-order valence-electron chi connectivity index (χ2n) is 3.76. The summed E-state index contributed by atoms with van der Waals surface area (Å²) in [7, 11) is 0. The van der Waals surface area contributed by atoms with Gasteiger partial charge in [0, 0.05) is 27.5 Å². The molecule has 0 aliphatic rings. The molecule has 0 aromatic heterocycles. The summed E-state index contributed by atoms with van der Waals surface area (Å²) in [5.74, 6) is 1.10. The summed E-state index contributed by atoms with van der Waals surface area (Å²) in [6.45, 7) is 2.19. The van der Waals surface area contributed by atoms with Crippen LogP contribution in [0.15, 0.2) is 22.7 Å². The number of nitrogens with two attached hydrogens (primary N) is 1. The van der Waals surface area contributed by atoms with Gasteiger partial charge in [-0.25, -0.2) is 0 Å². The van der Waals surface area contributed by atoms with Gasteiger partial charge in [-0.3, -0.25) is 0 Å². The molecule has 0 heterocycles. The van der Waals surface area contributed by atoms with Crippen molar-refractivity contribution in [2.45, 2.75) is 19.4 Å². The third kappa shape index (κ3) is 4.48. The van der Waals surface area contributed by atoms with Gasteiger partial charge in [0.25, 0.3) is 0 Å². The van der Waals surface area contributed by atoms with Crippen LogP contribution in [0.3, 0.4) is 0 Å². The van der Waals surface area contributed by atoms with Crippen molar-refractivity contribution in [3.05, 3.63) is 28.2 Å². The van der Waals surface area contributed by atoms with E-state index in [1.165, 1.54) is 0 Å². The average molecular weight is 333 g/mol. The first-order valence-electron chi connectivity index (χ1n) is 5.43. The highest BCUT2D eigenvalue weighted by Gasteiger charge is 2.08. The van der Waals surface area contributed by atoms with E-state index in [2.05, 4.69) is 34.4 Å². The maximum Gasteiger partial charge on any atom is 0.104 e. The van der Waals surface area contributed by atoms with Crippen LogP contribution in [-0.2, 0) is 0 Å². The van der Waals surface area contributed by atoms with E-state index in [0.29, 0.717) is 11.0 Å². The fourth-order valence-electron chi connectivity index (χ4n) is 1.47. The highest BCUT2D eigenvalue weighted by molar-refractivity contribution is 9.10. The zero-order valence-electron chi connectivity index (χ0n) is 10.00. The molecule has 1 aromatic rings. The maximum atomic E-state index is 5.59. The van der Waals surface area contributed by atoms with Gasteiger partial charge in [0.2, 0.25) is 0 Å². The standard InChI is InChI=1S/C12H17BrN2S2/c1-3-9(7-17-2)15-11-5-4-8(12(14)16)6-10(11)13/h4-6,9,15H,3,7H2,1-2H3,(H2,14,16). The predicted molar refractivity (Wildman–Crippen MR) is 86.1 cm³/mol. The molecule has 2 nitrogen and oxygen atoms in total. The lowest BCUT2D eigenvalue weighted by atomic mass is 10.2. The van der Waals surface area contributed by atoms with Crippen molar-refractivity contribution in [3.63, 3.8) is 0 Å². The Bertz CT molecular complexity index is 396. The molecule has 0 bridgehead atoms. The molecule has 0 fully saturated rings. The van der Waals surface area contributed by atoms with Crippen LogP contribution in [0.1, 0.15) is 18.9 Å². The molecule has 0 amide bonds. The summed E-state index contributed by atoms with van der Waals surface area (Å²) in [5, 5.41) is 3.51. The molecule has 1 rings (SSSR count). The Labute approximate surface area is 121 Å². The van der Waals surface area contributed by atoms with E-state index in [0.717, 1.165) is 27.9 Å². The third-order valence-corrected chi connectivity index (χ3v) is 4.10. The van der Waals surface area contributed by atoms with Crippen molar-refractivity contribution in [3.8, 4) is 0 Å². The van der Waals surface area contributed by atoms with Crippen LogP contribution >= 0.6 is 39.9 Å². The highest BCUT2D eigenvalue weighted by Crippen LogP contribution is 2.25. The number of hydrogen-bond donors (Lipinski definition) is 2. The van der Waals surface area contributed by atoms with Crippen molar-refractivity contribution in [1.29, 1.82) is 0 Å². The quantitative estimate of drug-likeness (QED) is 0.780. The normalized spacial score (nSPS) is 12.2. The molecule has 1 atom stereocenters. The summed E-state index contributed by atoms with van der Waals surface area (Å²) in [6, 6.07) is 6.40. The molecule has 1 unspecified atom stereocenters. The lowest BCUT2D eigenvalue weighted by Gasteiger charge is -2.18. The first-order valence-corrected chi connectivity index (χ1v) is 8.02. The molecule has 0 radical (unpaired) electrons. The minimum Gasteiger partial charge on any atom is -0.389 e. The number of nitrogens with one attached hydrogen (secondary N) is 1. The molecule has 0 aliphatic carbocycles. The number of halogens is 1. The summed E-state index contributed by atoms with van der Waals surface area (Å²) in [5.41, 5.74) is 7.57. The molecule has 0 saturated heterocycles. The SMILES string of the molecule is CCC(CSC)Nc1ccc(C(N)=S)cc1Br. The van der Waals surface area contributed by atoms with Crippen molar-refractivity contribution in [1.82, 2.24) is 0 Å². The predicted octanol–water partition coefficient (Wildman–Crippen LogP) is 3.64. The Morgan fingerprint density at radius 3 is 2.76 bits per heavy atom. The van der Waals surface area contributed by atoms with Gasteiger partial charge in [-0.1, -0.05) is 19.1 Å². The van der Waals surface area contributed by atoms with Crippen molar-refractivity contribution < 1.29 is 0 Å². The zero-order chi connectivity index (χ0) is 12.8. The third-order valence-electron chi connectivity index (χ3n) is 2.47. The minimum absolute atomic E-state index is 0.424. The van der Waals surface area contributed by atoms with Crippen molar-refractivity contribution >= 4 is 50.6 Å². The van der Waals surface area contributed by atoms with Crippen LogP contribution in [0.25, 0.3) is 0 Å². The van der Waals surface area contributed by atoms with Gasteiger partial charge in [0.05, 0.1) is 0 Å². The second kappa shape index (κ2) is 7.24. The first-order chi connectivity index (χ1) is 8.08. The molecule has 5 heteroatoms. The van der Waals surface area contributed by atoms with Gasteiger partial charge in [-0.15, -0.1) is 0 Å². The Morgan fingerprint density at radius 1 is 1.59 bits per heavy atom. The molecular weight excluding hydrogens is 316 g/mol. The van der Waals surface area contributed by atoms with E-state index in [4.69, 9.17) is 18.0 Å². The number of benzene rings is 1. The van der Waals surface area contributed by atoms with E-state index in [-0.39, 0.29) is 0 Å². The van der Waals surface area contributed by atoms with E-state index < -0.39 is 0 Å². The van der Waals surface area contributed by atoms with Crippen LogP contribution in [-0.4, -0.2) is 23.0 Å². The van der Waals surface area contributed by atoms with Gasteiger partial charge in [-0.2, -0.15) is 11.8 Å². The van der Waals surface area contributed by atoms with E-state index in [9.17, 15) is 0 Å². The fourth-order valence-corrected chi connectivity index (χ4v) is 2.81. The number of thioether (sulfide) groups is 1. The van der Waals surface area contributed by atoms with E-state index in [1.54, 1.807) is 0 Å². The Balaban J connectivity index is 2.81. The molecule has 0 aliphatic heterocycles. The summed E-state index contributed by atoms with van der Waals surface area (Å²) in [6.07, 6.45) is 3.22. The van der Waals surface area contributed by atoms with E-state index in [1.807, 2.05) is 30.0 Å². The van der Waals surface area contributed by atoms with E-state index >= 15 is 0 Å². The summed E-state index contributed by atoms with van der Waals surface area (Å²) < 4.78 is 1.00. The van der Waals surface area contributed by atoms with Crippen molar-refractivity contribution in [2.75, 3.05) is 17.3 Å². The van der Waals surface area contributed by atoms with Crippen LogP contribution in [0, 0.1) is 0 Å². The van der Waals surface area contributed by atoms with Gasteiger partial charge in [0.1, 0.15) is 4.99 Å². The number of thiocarbonyl (C=S) groups is 1. The van der Waals surface area contributed by atoms with Crippen LogP contribution in [0.5, 0.6) is 0 Å². The second-order valence-corrected chi connectivity index (χ2v) is 5.97. The number of anilines is 1. The molecule has 17 heavy (non-hydrogen) atoms. The minimum atomic E-state index is 0.424. The largest absolute Gasteiger partial charge is 0.389 e. The van der Waals surface area contributed by atoms with Crippen LogP contribution in [0.2, 0.25) is 0 Å². The fraction of sp³-hybridized carbons (Fsp3) is 0.417. The Hall–Kier alpha value is -0.260. The Kier molecular flexibility index (Phi) is 6.30. The molecule has 1 aromatic carbocycles. The monoisotopic (exact) mass is 332 g/mol. The average Bonchev–Trinajstić information content (AvgIpc) is 2.30. The molecular formula is C12H17BrN2S2. The topological polar surface area (TPSA) is 38.0 Å². The van der Waals surface area contributed by atoms with Gasteiger partial charge < -0.3 is 11.1 Å². The molecule has 94 valence electrons. The molecule has 3 N–H and O–H groups in total. The van der Waals surface area contributed by atoms with Crippen LogP contribution in [0.4, 0.5) is 5.69 Å². The lowest BCUT2D eigenvalue weighted by molar-refractivity contribution is 0.774. The number of rotatable bonds is 6. The first kappa shape index (κ1) is 14.8. The zero-order valence-corrected chi connectivity index (χ0v) is 13.2. The summed E-state index contributed by atoms with van der Waals surface area (Å²) in [4.78, 5) is 0.424. The highest BCUT2D eigenvalue weighted by atomic mass is 79.9. The van der Waals surface area contributed by atoms with Crippen molar-refractivity contribution in [2.24, 2.45) is 5.73 Å². The van der Waals surface area contributed by atoms with Gasteiger partial charge in [0.15, 0.2) is 0 Å². The summed E-state index contributed by atoms with van der Waals surface area (Å²) >= 11 is 10.3. The molecule has 0 saturated carbocycles. The number of hydrogen-bond acceptors (Lipinski definition) is 3.